The van der Waals surface area contributed by atoms with Gasteiger partial charge in [0.25, 0.3) is 0 Å². The maximum Gasteiger partial charge on any atom is 0.127 e. The number of furan rings is 1. The van der Waals surface area contributed by atoms with Crippen LogP contribution in [-0.2, 0) is 0 Å². The van der Waals surface area contributed by atoms with Crippen LogP contribution in [-0.4, -0.2) is 0 Å². The van der Waals surface area contributed by atoms with E-state index in [0.29, 0.717) is 0 Å². The third-order valence-electron chi connectivity index (χ3n) is 2.75. The molecule has 0 fully saturated rings. The molecule has 0 unspecified atom stereocenters. The van der Waals surface area contributed by atoms with E-state index in [9.17, 15) is 0 Å². The molecular formula is C17H14OS2. The van der Waals surface area contributed by atoms with Crippen LogP contribution in [0.15, 0.2) is 93.3 Å². The van der Waals surface area contributed by atoms with Gasteiger partial charge in [-0.05, 0) is 36.4 Å². The highest BCUT2D eigenvalue weighted by Gasteiger charge is 2.17. The quantitative estimate of drug-likeness (QED) is 0.432. The standard InChI is InChI=1S/C17H14OS2/c1-3-8-14(9-4-1)19-17(16-12-7-13-18-16)20-15-10-5-2-6-11-15/h1-13,17H. The first kappa shape index (κ1) is 13.4. The highest BCUT2D eigenvalue weighted by molar-refractivity contribution is 8.16. The molecule has 100 valence electrons. The molecule has 0 bridgehead atoms. The predicted octanol–water partition coefficient (Wildman–Crippen LogP) is 5.86. The molecule has 0 radical (unpaired) electrons. The lowest BCUT2D eigenvalue weighted by atomic mass is 10.4. The zero-order valence-corrected chi connectivity index (χ0v) is 12.4. The zero-order chi connectivity index (χ0) is 13.6. The molecule has 0 aliphatic heterocycles. The minimum Gasteiger partial charge on any atom is -0.467 e. The zero-order valence-electron chi connectivity index (χ0n) is 10.8. The van der Waals surface area contributed by atoms with E-state index in [4.69, 9.17) is 4.42 Å². The van der Waals surface area contributed by atoms with E-state index in [1.165, 1.54) is 9.79 Å². The van der Waals surface area contributed by atoms with E-state index >= 15 is 0 Å². The molecule has 0 spiro atoms. The SMILES string of the molecule is c1ccc(SC(Sc2ccccc2)c2ccco2)cc1. The van der Waals surface area contributed by atoms with Crippen molar-refractivity contribution in [3.05, 3.63) is 84.8 Å². The van der Waals surface area contributed by atoms with Gasteiger partial charge < -0.3 is 4.42 Å². The van der Waals surface area contributed by atoms with Crippen molar-refractivity contribution in [3.63, 3.8) is 0 Å². The number of thioether (sulfide) groups is 2. The van der Waals surface area contributed by atoms with Crippen LogP contribution in [0.5, 0.6) is 0 Å². The van der Waals surface area contributed by atoms with Crippen molar-refractivity contribution >= 4 is 23.5 Å². The molecule has 20 heavy (non-hydrogen) atoms. The highest BCUT2D eigenvalue weighted by atomic mass is 32.2. The van der Waals surface area contributed by atoms with E-state index in [0.717, 1.165) is 5.76 Å². The second kappa shape index (κ2) is 6.73. The predicted molar refractivity (Wildman–Crippen MR) is 86.0 cm³/mol. The number of rotatable bonds is 5. The molecule has 1 heterocycles. The van der Waals surface area contributed by atoms with Crippen molar-refractivity contribution in [2.24, 2.45) is 0 Å². The Morgan fingerprint density at radius 1 is 0.650 bits per heavy atom. The summed E-state index contributed by atoms with van der Waals surface area (Å²) in [5.74, 6) is 0.993. The third kappa shape index (κ3) is 3.50. The van der Waals surface area contributed by atoms with Gasteiger partial charge in [0.05, 0.1) is 6.26 Å². The van der Waals surface area contributed by atoms with E-state index in [1.807, 2.05) is 47.8 Å². The Kier molecular flexibility index (Phi) is 4.51. The van der Waals surface area contributed by atoms with Crippen LogP contribution in [0.25, 0.3) is 0 Å². The molecule has 3 rings (SSSR count). The van der Waals surface area contributed by atoms with Gasteiger partial charge in [0, 0.05) is 9.79 Å². The third-order valence-corrected chi connectivity index (χ3v) is 5.31. The van der Waals surface area contributed by atoms with Crippen molar-refractivity contribution in [2.45, 2.75) is 14.4 Å². The molecule has 3 aromatic rings. The molecule has 2 aromatic carbocycles. The molecule has 3 heteroatoms. The Bertz CT molecular complexity index is 579. The molecule has 1 nitrogen and oxygen atoms in total. The fourth-order valence-electron chi connectivity index (χ4n) is 1.81. The van der Waals surface area contributed by atoms with Crippen molar-refractivity contribution < 1.29 is 4.42 Å². The first-order chi connectivity index (χ1) is 9.92. The fourth-order valence-corrected chi connectivity index (χ4v) is 4.29. The van der Waals surface area contributed by atoms with E-state index < -0.39 is 0 Å². The van der Waals surface area contributed by atoms with Crippen LogP contribution in [0, 0.1) is 0 Å². The largest absolute Gasteiger partial charge is 0.467 e. The van der Waals surface area contributed by atoms with Crippen molar-refractivity contribution in [3.8, 4) is 0 Å². The van der Waals surface area contributed by atoms with Crippen LogP contribution in [0.2, 0.25) is 0 Å². The van der Waals surface area contributed by atoms with Crippen LogP contribution in [0.3, 0.4) is 0 Å². The summed E-state index contributed by atoms with van der Waals surface area (Å²) >= 11 is 3.62. The highest BCUT2D eigenvalue weighted by Crippen LogP contribution is 2.46. The summed E-state index contributed by atoms with van der Waals surface area (Å²) < 4.78 is 5.82. The summed E-state index contributed by atoms with van der Waals surface area (Å²) in [7, 11) is 0. The average molecular weight is 298 g/mol. The van der Waals surface area contributed by atoms with Crippen molar-refractivity contribution in [1.29, 1.82) is 0 Å². The molecule has 0 saturated carbocycles. The lowest BCUT2D eigenvalue weighted by Crippen LogP contribution is -1.87. The summed E-state index contributed by atoms with van der Waals surface area (Å²) in [5.41, 5.74) is 0. The van der Waals surface area contributed by atoms with Gasteiger partial charge in [-0.1, -0.05) is 36.4 Å². The van der Waals surface area contributed by atoms with E-state index in [-0.39, 0.29) is 4.58 Å². The molecule has 0 atom stereocenters. The summed E-state index contributed by atoms with van der Waals surface area (Å²) in [5, 5.41) is 0. The van der Waals surface area contributed by atoms with Gasteiger partial charge in [0.15, 0.2) is 0 Å². The van der Waals surface area contributed by atoms with Crippen molar-refractivity contribution in [2.75, 3.05) is 0 Å². The number of hydrogen-bond acceptors (Lipinski definition) is 3. The molecule has 0 aliphatic carbocycles. The van der Waals surface area contributed by atoms with E-state index in [1.54, 1.807) is 6.26 Å². The maximum absolute atomic E-state index is 5.60. The van der Waals surface area contributed by atoms with Crippen LogP contribution in [0.1, 0.15) is 10.3 Å². The normalized spacial score (nSPS) is 10.8. The Morgan fingerprint density at radius 2 is 1.20 bits per heavy atom. The van der Waals surface area contributed by atoms with Gasteiger partial charge in [0.2, 0.25) is 0 Å². The monoisotopic (exact) mass is 298 g/mol. The number of benzene rings is 2. The molecule has 0 N–H and O–H groups in total. The average Bonchev–Trinajstić information content (AvgIpc) is 3.03. The first-order valence-electron chi connectivity index (χ1n) is 6.38. The molecule has 0 amide bonds. The Labute approximate surface area is 127 Å². The van der Waals surface area contributed by atoms with Gasteiger partial charge in [0.1, 0.15) is 10.3 Å². The fraction of sp³-hybridized carbons (Fsp3) is 0.0588. The smallest absolute Gasteiger partial charge is 0.127 e. The van der Waals surface area contributed by atoms with Crippen molar-refractivity contribution in [1.82, 2.24) is 0 Å². The Hall–Kier alpha value is -1.58. The molecule has 1 aromatic heterocycles. The minimum atomic E-state index is 0.217. The second-order valence-corrected chi connectivity index (χ2v) is 6.86. The van der Waals surface area contributed by atoms with Gasteiger partial charge in [-0.15, -0.1) is 23.5 Å². The van der Waals surface area contributed by atoms with Gasteiger partial charge in [-0.25, -0.2) is 0 Å². The van der Waals surface area contributed by atoms with Gasteiger partial charge >= 0.3 is 0 Å². The molecule has 0 aliphatic rings. The summed E-state index contributed by atoms with van der Waals surface area (Å²) in [4.78, 5) is 2.50. The minimum absolute atomic E-state index is 0.217. The summed E-state index contributed by atoms with van der Waals surface area (Å²) in [6.07, 6.45) is 1.74. The lowest BCUT2D eigenvalue weighted by molar-refractivity contribution is 0.528. The molecular weight excluding hydrogens is 284 g/mol. The summed E-state index contributed by atoms with van der Waals surface area (Å²) in [6, 6.07) is 24.8. The van der Waals surface area contributed by atoms with E-state index in [2.05, 4.69) is 48.5 Å². The van der Waals surface area contributed by atoms with Crippen LogP contribution in [0.4, 0.5) is 0 Å². The van der Waals surface area contributed by atoms with Gasteiger partial charge in [-0.2, -0.15) is 0 Å². The number of hydrogen-bond donors (Lipinski definition) is 0. The van der Waals surface area contributed by atoms with Crippen LogP contribution >= 0.6 is 23.5 Å². The topological polar surface area (TPSA) is 13.1 Å². The Balaban J connectivity index is 1.81. The van der Waals surface area contributed by atoms with Gasteiger partial charge in [-0.3, -0.25) is 0 Å². The van der Waals surface area contributed by atoms with Crippen LogP contribution < -0.4 is 0 Å². The Morgan fingerprint density at radius 3 is 1.65 bits per heavy atom. The first-order valence-corrected chi connectivity index (χ1v) is 8.14. The summed E-state index contributed by atoms with van der Waals surface area (Å²) in [6.45, 7) is 0. The maximum atomic E-state index is 5.60. The lowest BCUT2D eigenvalue weighted by Gasteiger charge is -2.14. The second-order valence-electron chi connectivity index (χ2n) is 4.21. The molecule has 0 saturated heterocycles.